The van der Waals surface area contributed by atoms with Crippen LogP contribution in [0.15, 0.2) is 34.9 Å². The number of ether oxygens (including phenoxy) is 1. The van der Waals surface area contributed by atoms with Crippen molar-refractivity contribution in [3.05, 3.63) is 45.5 Å². The van der Waals surface area contributed by atoms with E-state index in [0.29, 0.717) is 0 Å². The second kappa shape index (κ2) is 6.95. The average Bonchev–Trinajstić information content (AvgIpc) is 3.01. The molecule has 0 amide bonds. The molecule has 98 valence electrons. The van der Waals surface area contributed by atoms with Crippen molar-refractivity contribution < 1.29 is 9.15 Å². The second-order valence-corrected chi connectivity index (χ2v) is 5.64. The topological polar surface area (TPSA) is 34.4 Å². The van der Waals surface area contributed by atoms with Crippen molar-refractivity contribution in [2.75, 3.05) is 20.3 Å². The molecule has 0 aliphatic carbocycles. The van der Waals surface area contributed by atoms with Gasteiger partial charge in [-0.2, -0.15) is 0 Å². The summed E-state index contributed by atoms with van der Waals surface area (Å²) in [5.41, 5.74) is 0. The molecule has 2 aromatic heterocycles. The van der Waals surface area contributed by atoms with E-state index in [2.05, 4.69) is 5.32 Å². The van der Waals surface area contributed by atoms with Crippen molar-refractivity contribution in [3.8, 4) is 0 Å². The number of halogens is 1. The van der Waals surface area contributed by atoms with Gasteiger partial charge in [0.1, 0.15) is 11.8 Å². The fraction of sp³-hybridized carbons (Fsp3) is 0.385. The highest BCUT2D eigenvalue weighted by atomic mass is 35.5. The van der Waals surface area contributed by atoms with Gasteiger partial charge in [-0.1, -0.05) is 11.6 Å². The summed E-state index contributed by atoms with van der Waals surface area (Å²) < 4.78 is 11.3. The molecule has 0 fully saturated rings. The van der Waals surface area contributed by atoms with Crippen molar-refractivity contribution in [2.24, 2.45) is 0 Å². The van der Waals surface area contributed by atoms with Gasteiger partial charge in [0.2, 0.25) is 0 Å². The molecule has 0 bridgehead atoms. The summed E-state index contributed by atoms with van der Waals surface area (Å²) in [5, 5.41) is 3.46. The first-order valence-electron chi connectivity index (χ1n) is 5.82. The molecule has 0 spiro atoms. The SMILES string of the molecule is COCCCNC(c1ccco1)c1ccc(Cl)s1. The molecule has 1 atom stereocenters. The predicted octanol–water partition coefficient (Wildman–Crippen LogP) is 3.71. The van der Waals surface area contributed by atoms with Crippen molar-refractivity contribution in [2.45, 2.75) is 12.5 Å². The first-order valence-corrected chi connectivity index (χ1v) is 7.01. The van der Waals surface area contributed by atoms with Gasteiger partial charge < -0.3 is 14.5 Å². The van der Waals surface area contributed by atoms with Crippen LogP contribution in [0.4, 0.5) is 0 Å². The zero-order valence-corrected chi connectivity index (χ0v) is 11.8. The first-order chi connectivity index (χ1) is 8.81. The molecule has 2 rings (SSSR count). The second-order valence-electron chi connectivity index (χ2n) is 3.89. The number of furan rings is 1. The van der Waals surface area contributed by atoms with Gasteiger partial charge >= 0.3 is 0 Å². The van der Waals surface area contributed by atoms with Crippen LogP contribution in [-0.2, 0) is 4.74 Å². The number of methoxy groups -OCH3 is 1. The number of nitrogens with one attached hydrogen (secondary N) is 1. The molecule has 2 heterocycles. The normalized spacial score (nSPS) is 12.8. The van der Waals surface area contributed by atoms with E-state index in [-0.39, 0.29) is 6.04 Å². The van der Waals surface area contributed by atoms with Gasteiger partial charge in [0.25, 0.3) is 0 Å². The lowest BCUT2D eigenvalue weighted by molar-refractivity contribution is 0.193. The van der Waals surface area contributed by atoms with Crippen LogP contribution in [-0.4, -0.2) is 20.3 Å². The van der Waals surface area contributed by atoms with Crippen molar-refractivity contribution in [1.82, 2.24) is 5.32 Å². The van der Waals surface area contributed by atoms with Crippen molar-refractivity contribution in [3.63, 3.8) is 0 Å². The molecule has 18 heavy (non-hydrogen) atoms. The smallest absolute Gasteiger partial charge is 0.126 e. The number of hydrogen-bond acceptors (Lipinski definition) is 4. The van der Waals surface area contributed by atoms with Crippen LogP contribution in [0, 0.1) is 0 Å². The first kappa shape index (κ1) is 13.6. The minimum atomic E-state index is 0.0642. The largest absolute Gasteiger partial charge is 0.467 e. The summed E-state index contributed by atoms with van der Waals surface area (Å²) in [5.74, 6) is 0.908. The van der Waals surface area contributed by atoms with Gasteiger partial charge in [-0.05, 0) is 37.2 Å². The van der Waals surface area contributed by atoms with E-state index in [1.807, 2.05) is 24.3 Å². The lowest BCUT2D eigenvalue weighted by Crippen LogP contribution is -2.23. The fourth-order valence-corrected chi connectivity index (χ4v) is 2.89. The molecular weight excluding hydrogens is 270 g/mol. The molecule has 5 heteroatoms. The van der Waals surface area contributed by atoms with Gasteiger partial charge in [-0.15, -0.1) is 11.3 Å². The maximum Gasteiger partial charge on any atom is 0.126 e. The third kappa shape index (κ3) is 3.59. The Hall–Kier alpha value is -0.810. The van der Waals surface area contributed by atoms with Crippen LogP contribution in [0.2, 0.25) is 4.34 Å². The van der Waals surface area contributed by atoms with E-state index in [1.165, 1.54) is 0 Å². The third-order valence-corrected chi connectivity index (χ3v) is 3.88. The van der Waals surface area contributed by atoms with Gasteiger partial charge in [-0.25, -0.2) is 0 Å². The van der Waals surface area contributed by atoms with Gasteiger partial charge in [0.05, 0.1) is 10.6 Å². The lowest BCUT2D eigenvalue weighted by Gasteiger charge is -2.14. The Labute approximate surface area is 116 Å². The Morgan fingerprint density at radius 2 is 2.33 bits per heavy atom. The summed E-state index contributed by atoms with van der Waals surface area (Å²) >= 11 is 7.56. The van der Waals surface area contributed by atoms with Crippen molar-refractivity contribution >= 4 is 22.9 Å². The molecular formula is C13H16ClNO2S. The zero-order valence-electron chi connectivity index (χ0n) is 10.2. The Morgan fingerprint density at radius 3 is 2.94 bits per heavy atom. The van der Waals surface area contributed by atoms with E-state index in [4.69, 9.17) is 20.8 Å². The van der Waals surface area contributed by atoms with Gasteiger partial charge in [0.15, 0.2) is 0 Å². The quantitative estimate of drug-likeness (QED) is 0.788. The predicted molar refractivity (Wildman–Crippen MR) is 74.4 cm³/mol. The van der Waals surface area contributed by atoms with E-state index >= 15 is 0 Å². The Bertz CT molecular complexity index is 455. The van der Waals surface area contributed by atoms with E-state index < -0.39 is 0 Å². The highest BCUT2D eigenvalue weighted by Gasteiger charge is 2.17. The molecule has 3 nitrogen and oxygen atoms in total. The van der Waals surface area contributed by atoms with E-state index in [1.54, 1.807) is 24.7 Å². The third-order valence-electron chi connectivity index (χ3n) is 2.58. The molecule has 0 aromatic carbocycles. The fourth-order valence-electron chi connectivity index (χ4n) is 1.74. The van der Waals surface area contributed by atoms with Crippen LogP contribution in [0.3, 0.4) is 0 Å². The number of hydrogen-bond donors (Lipinski definition) is 1. The lowest BCUT2D eigenvalue weighted by atomic mass is 10.2. The summed E-state index contributed by atoms with van der Waals surface area (Å²) in [4.78, 5) is 1.16. The maximum atomic E-state index is 5.99. The van der Waals surface area contributed by atoms with Crippen LogP contribution in [0.1, 0.15) is 23.1 Å². The summed E-state index contributed by atoms with van der Waals surface area (Å²) in [6.45, 7) is 1.62. The molecule has 0 aliphatic heterocycles. The van der Waals surface area contributed by atoms with Crippen LogP contribution in [0.5, 0.6) is 0 Å². The van der Waals surface area contributed by atoms with Crippen LogP contribution in [0.25, 0.3) is 0 Å². The van der Waals surface area contributed by atoms with E-state index in [9.17, 15) is 0 Å². The monoisotopic (exact) mass is 285 g/mol. The molecule has 1 N–H and O–H groups in total. The Balaban J connectivity index is 2.04. The number of thiophene rings is 1. The zero-order chi connectivity index (χ0) is 12.8. The Morgan fingerprint density at radius 1 is 1.44 bits per heavy atom. The highest BCUT2D eigenvalue weighted by molar-refractivity contribution is 7.16. The molecule has 0 saturated heterocycles. The molecule has 0 saturated carbocycles. The molecule has 0 radical (unpaired) electrons. The highest BCUT2D eigenvalue weighted by Crippen LogP contribution is 2.31. The van der Waals surface area contributed by atoms with Crippen molar-refractivity contribution in [1.29, 1.82) is 0 Å². The van der Waals surface area contributed by atoms with Crippen LogP contribution >= 0.6 is 22.9 Å². The summed E-state index contributed by atoms with van der Waals surface area (Å²) in [6, 6.07) is 7.88. The minimum Gasteiger partial charge on any atom is -0.467 e. The van der Waals surface area contributed by atoms with E-state index in [0.717, 1.165) is 34.5 Å². The number of rotatable bonds is 7. The molecule has 2 aromatic rings. The average molecular weight is 286 g/mol. The van der Waals surface area contributed by atoms with Gasteiger partial charge in [-0.3, -0.25) is 0 Å². The minimum absolute atomic E-state index is 0.0642. The maximum absolute atomic E-state index is 5.99. The summed E-state index contributed by atoms with van der Waals surface area (Å²) in [7, 11) is 1.71. The van der Waals surface area contributed by atoms with Crippen LogP contribution < -0.4 is 5.32 Å². The van der Waals surface area contributed by atoms with Gasteiger partial charge in [0, 0.05) is 18.6 Å². The summed E-state index contributed by atoms with van der Waals surface area (Å²) in [6.07, 6.45) is 2.65. The molecule has 1 unspecified atom stereocenters. The molecule has 0 aliphatic rings. The Kier molecular flexibility index (Phi) is 5.26. The standard InChI is InChI=1S/C13H16ClNO2S/c1-16-8-3-7-15-13(10-4-2-9-17-10)11-5-6-12(14)18-11/h2,4-6,9,13,15H,3,7-8H2,1H3.